The molecule has 1 aliphatic rings. The molecule has 0 unspecified atom stereocenters. The van der Waals surface area contributed by atoms with Crippen molar-refractivity contribution in [2.75, 3.05) is 19.6 Å². The Kier molecular flexibility index (Phi) is 4.73. The maximum Gasteiger partial charge on any atom is 0.186 e. The van der Waals surface area contributed by atoms with E-state index in [-0.39, 0.29) is 24.2 Å². The zero-order valence-electron chi connectivity index (χ0n) is 8.39. The van der Waals surface area contributed by atoms with E-state index in [2.05, 4.69) is 4.90 Å². The number of nitrogens with two attached hydrogens (primary N) is 1. The van der Waals surface area contributed by atoms with Crippen LogP contribution in [0.25, 0.3) is 0 Å². The number of ketones is 1. The average molecular weight is 247 g/mol. The molecule has 0 amide bonds. The van der Waals surface area contributed by atoms with E-state index in [0.717, 1.165) is 24.4 Å². The topological polar surface area (TPSA) is 46.3 Å². The van der Waals surface area contributed by atoms with Crippen LogP contribution in [0.1, 0.15) is 16.1 Å². The van der Waals surface area contributed by atoms with Crippen LogP contribution in [0.3, 0.4) is 0 Å². The molecule has 1 atom stereocenters. The summed E-state index contributed by atoms with van der Waals surface area (Å²) in [5.41, 5.74) is 5.77. The van der Waals surface area contributed by atoms with E-state index >= 15 is 0 Å². The van der Waals surface area contributed by atoms with Crippen molar-refractivity contribution in [3.8, 4) is 0 Å². The van der Waals surface area contributed by atoms with Crippen LogP contribution >= 0.6 is 23.7 Å². The van der Waals surface area contributed by atoms with Crippen molar-refractivity contribution >= 4 is 29.5 Å². The lowest BCUT2D eigenvalue weighted by Gasteiger charge is -2.12. The van der Waals surface area contributed by atoms with E-state index < -0.39 is 0 Å². The molecule has 1 aromatic rings. The molecule has 0 aliphatic carbocycles. The number of thiophene rings is 1. The lowest BCUT2D eigenvalue weighted by Crippen LogP contribution is -2.30. The van der Waals surface area contributed by atoms with Gasteiger partial charge in [0, 0.05) is 19.1 Å². The van der Waals surface area contributed by atoms with Crippen molar-refractivity contribution in [2.45, 2.75) is 12.5 Å². The van der Waals surface area contributed by atoms with Gasteiger partial charge in [0.15, 0.2) is 5.78 Å². The van der Waals surface area contributed by atoms with E-state index in [1.54, 1.807) is 0 Å². The lowest BCUT2D eigenvalue weighted by molar-refractivity contribution is 0.0949. The Bertz CT molecular complexity index is 315. The predicted octanol–water partition coefficient (Wildman–Crippen LogP) is 1.39. The molecule has 2 N–H and O–H groups in total. The molecule has 0 bridgehead atoms. The molecular formula is C10H15ClN2OS. The van der Waals surface area contributed by atoms with Crippen molar-refractivity contribution < 1.29 is 4.79 Å². The Labute approximate surface area is 99.7 Å². The van der Waals surface area contributed by atoms with Crippen LogP contribution < -0.4 is 5.73 Å². The third-order valence-electron chi connectivity index (χ3n) is 2.47. The van der Waals surface area contributed by atoms with Gasteiger partial charge in [-0.15, -0.1) is 23.7 Å². The Balaban J connectivity index is 0.00000112. The van der Waals surface area contributed by atoms with Gasteiger partial charge >= 0.3 is 0 Å². The van der Waals surface area contributed by atoms with E-state index in [1.807, 2.05) is 17.5 Å². The summed E-state index contributed by atoms with van der Waals surface area (Å²) < 4.78 is 0. The van der Waals surface area contributed by atoms with Gasteiger partial charge in [-0.3, -0.25) is 9.69 Å². The fourth-order valence-corrected chi connectivity index (χ4v) is 2.38. The molecule has 5 heteroatoms. The molecule has 2 rings (SSSR count). The van der Waals surface area contributed by atoms with Crippen molar-refractivity contribution in [1.29, 1.82) is 0 Å². The normalized spacial score (nSPS) is 21.3. The van der Waals surface area contributed by atoms with Gasteiger partial charge in [0.2, 0.25) is 0 Å². The molecular weight excluding hydrogens is 232 g/mol. The third kappa shape index (κ3) is 3.28. The minimum atomic E-state index is 0. The maximum atomic E-state index is 11.7. The third-order valence-corrected chi connectivity index (χ3v) is 3.38. The summed E-state index contributed by atoms with van der Waals surface area (Å²) >= 11 is 1.51. The highest BCUT2D eigenvalue weighted by Gasteiger charge is 2.21. The Hall–Kier alpha value is -0.420. The number of hydrogen-bond donors (Lipinski definition) is 1. The summed E-state index contributed by atoms with van der Waals surface area (Å²) in [6.07, 6.45) is 1.01. The molecule has 0 radical (unpaired) electrons. The molecule has 0 saturated carbocycles. The van der Waals surface area contributed by atoms with Crippen LogP contribution in [0.15, 0.2) is 17.5 Å². The summed E-state index contributed by atoms with van der Waals surface area (Å²) in [4.78, 5) is 14.7. The van der Waals surface area contributed by atoms with Gasteiger partial charge < -0.3 is 5.73 Å². The molecule has 1 fully saturated rings. The molecule has 1 aliphatic heterocycles. The number of carbonyl (C=O) groups is 1. The SMILES string of the molecule is Cl.N[C@H]1CCN(CC(=O)c2cccs2)C1. The molecule has 15 heavy (non-hydrogen) atoms. The predicted molar refractivity (Wildman–Crippen MR) is 64.9 cm³/mol. The molecule has 84 valence electrons. The second-order valence-electron chi connectivity index (χ2n) is 3.68. The first kappa shape index (κ1) is 12.6. The lowest BCUT2D eigenvalue weighted by atomic mass is 10.3. The number of rotatable bonds is 3. The van der Waals surface area contributed by atoms with Gasteiger partial charge in [-0.05, 0) is 17.9 Å². The van der Waals surface area contributed by atoms with Gasteiger partial charge in [0.25, 0.3) is 0 Å². The van der Waals surface area contributed by atoms with Gasteiger partial charge in [-0.2, -0.15) is 0 Å². The summed E-state index contributed by atoms with van der Waals surface area (Å²) in [6.45, 7) is 2.34. The second kappa shape index (κ2) is 5.61. The van der Waals surface area contributed by atoms with E-state index in [4.69, 9.17) is 5.73 Å². The number of halogens is 1. The molecule has 2 heterocycles. The number of likely N-dealkylation sites (tertiary alicyclic amines) is 1. The van der Waals surface area contributed by atoms with Crippen molar-refractivity contribution in [3.05, 3.63) is 22.4 Å². The van der Waals surface area contributed by atoms with Gasteiger partial charge in [-0.1, -0.05) is 6.07 Å². The van der Waals surface area contributed by atoms with Crippen molar-refractivity contribution in [1.82, 2.24) is 4.90 Å². The summed E-state index contributed by atoms with van der Waals surface area (Å²) in [5.74, 6) is 0.217. The van der Waals surface area contributed by atoms with Crippen LogP contribution in [0.4, 0.5) is 0 Å². The number of hydrogen-bond acceptors (Lipinski definition) is 4. The van der Waals surface area contributed by atoms with Gasteiger partial charge in [0.05, 0.1) is 11.4 Å². The fraction of sp³-hybridized carbons (Fsp3) is 0.500. The molecule has 0 spiro atoms. The van der Waals surface area contributed by atoms with Crippen LogP contribution in [-0.2, 0) is 0 Å². The van der Waals surface area contributed by atoms with Crippen LogP contribution in [0.2, 0.25) is 0 Å². The Morgan fingerprint density at radius 2 is 2.47 bits per heavy atom. The smallest absolute Gasteiger partial charge is 0.186 e. The zero-order chi connectivity index (χ0) is 9.97. The van der Waals surface area contributed by atoms with Crippen LogP contribution in [-0.4, -0.2) is 36.4 Å². The molecule has 3 nitrogen and oxygen atoms in total. The standard InChI is InChI=1S/C10H14N2OS.ClH/c11-8-3-4-12(6-8)7-9(13)10-2-1-5-14-10;/h1-2,5,8H,3-4,6-7,11H2;1H/t8-;/m0./s1. The Morgan fingerprint density at radius 3 is 3.00 bits per heavy atom. The van der Waals surface area contributed by atoms with E-state index in [1.165, 1.54) is 11.3 Å². The van der Waals surface area contributed by atoms with Crippen molar-refractivity contribution in [3.63, 3.8) is 0 Å². The Morgan fingerprint density at radius 1 is 1.67 bits per heavy atom. The summed E-state index contributed by atoms with van der Waals surface area (Å²) in [5, 5.41) is 1.93. The summed E-state index contributed by atoms with van der Waals surface area (Å²) in [7, 11) is 0. The highest BCUT2D eigenvalue weighted by Crippen LogP contribution is 2.12. The highest BCUT2D eigenvalue weighted by molar-refractivity contribution is 7.12. The molecule has 1 aromatic heterocycles. The quantitative estimate of drug-likeness (QED) is 0.820. The van der Waals surface area contributed by atoms with Crippen molar-refractivity contribution in [2.24, 2.45) is 5.73 Å². The fourth-order valence-electron chi connectivity index (χ4n) is 1.72. The summed E-state index contributed by atoms with van der Waals surface area (Å²) in [6, 6.07) is 4.04. The zero-order valence-corrected chi connectivity index (χ0v) is 10.0. The minimum Gasteiger partial charge on any atom is -0.326 e. The second-order valence-corrected chi connectivity index (χ2v) is 4.63. The van der Waals surface area contributed by atoms with E-state index in [0.29, 0.717) is 6.54 Å². The maximum absolute atomic E-state index is 11.7. The van der Waals surface area contributed by atoms with Crippen LogP contribution in [0.5, 0.6) is 0 Å². The largest absolute Gasteiger partial charge is 0.326 e. The molecule has 1 saturated heterocycles. The first-order valence-electron chi connectivity index (χ1n) is 4.80. The number of Topliss-reactive ketones (excluding diaryl/α,β-unsaturated/α-hetero) is 1. The van der Waals surface area contributed by atoms with Gasteiger partial charge in [-0.25, -0.2) is 0 Å². The van der Waals surface area contributed by atoms with Crippen LogP contribution in [0, 0.1) is 0 Å². The first-order valence-corrected chi connectivity index (χ1v) is 5.68. The monoisotopic (exact) mass is 246 g/mol. The van der Waals surface area contributed by atoms with Gasteiger partial charge in [0.1, 0.15) is 0 Å². The number of nitrogens with zero attached hydrogens (tertiary/aromatic N) is 1. The highest BCUT2D eigenvalue weighted by atomic mass is 35.5. The molecule has 0 aromatic carbocycles. The number of carbonyl (C=O) groups excluding carboxylic acids is 1. The minimum absolute atomic E-state index is 0. The van der Waals surface area contributed by atoms with E-state index in [9.17, 15) is 4.79 Å². The average Bonchev–Trinajstić information content (AvgIpc) is 2.75. The first-order chi connectivity index (χ1) is 6.75.